The summed E-state index contributed by atoms with van der Waals surface area (Å²) in [5.74, 6) is 0.988. The summed E-state index contributed by atoms with van der Waals surface area (Å²) < 4.78 is 5.37. The maximum absolute atomic E-state index is 11.3. The molecule has 0 spiro atoms. The third-order valence-electron chi connectivity index (χ3n) is 3.93. The maximum Gasteiger partial charge on any atom is 0.258 e. The van der Waals surface area contributed by atoms with Crippen LogP contribution in [0.4, 0.5) is 11.4 Å². The van der Waals surface area contributed by atoms with E-state index in [1.807, 2.05) is 56.3 Å². The van der Waals surface area contributed by atoms with Gasteiger partial charge in [-0.05, 0) is 43.2 Å². The number of nitrogens with zero attached hydrogens (tertiary/aromatic N) is 2. The molecule has 0 aliphatic heterocycles. The molecule has 0 saturated heterocycles. The van der Waals surface area contributed by atoms with Gasteiger partial charge in [-0.15, -0.1) is 0 Å². The van der Waals surface area contributed by atoms with Gasteiger partial charge in [0.05, 0.1) is 6.54 Å². The van der Waals surface area contributed by atoms with Gasteiger partial charge in [-0.3, -0.25) is 4.79 Å². The minimum atomic E-state index is -0.0960. The molecule has 0 aliphatic rings. The van der Waals surface area contributed by atoms with Gasteiger partial charge in [0, 0.05) is 23.9 Å². The Balaban J connectivity index is 1.73. The quantitative estimate of drug-likeness (QED) is 0.738. The fraction of sp³-hybridized carbons (Fsp3) is 0.211. The van der Waals surface area contributed by atoms with Crippen molar-refractivity contribution in [1.29, 1.82) is 0 Å². The monoisotopic (exact) mass is 336 g/mol. The molecule has 6 nitrogen and oxygen atoms in total. The number of nitrogens with one attached hydrogen (secondary N) is 2. The highest BCUT2D eigenvalue weighted by Gasteiger charge is 2.11. The molecule has 1 aromatic heterocycles. The number of carbonyl (C=O) groups is 1. The molecular weight excluding hydrogens is 316 g/mol. The number of amides is 1. The number of hydrogen-bond donors (Lipinski definition) is 2. The molecule has 1 amide bonds. The first-order chi connectivity index (χ1) is 12.0. The van der Waals surface area contributed by atoms with E-state index in [0.29, 0.717) is 18.3 Å². The Labute approximate surface area is 146 Å². The van der Waals surface area contributed by atoms with Crippen LogP contribution in [0, 0.1) is 13.8 Å². The van der Waals surface area contributed by atoms with E-state index in [2.05, 4.69) is 20.8 Å². The van der Waals surface area contributed by atoms with Gasteiger partial charge in [0.15, 0.2) is 5.82 Å². The molecule has 25 heavy (non-hydrogen) atoms. The van der Waals surface area contributed by atoms with Crippen molar-refractivity contribution in [3.8, 4) is 11.5 Å². The molecule has 3 rings (SSSR count). The summed E-state index contributed by atoms with van der Waals surface area (Å²) in [5, 5.41) is 10.1. The van der Waals surface area contributed by atoms with Gasteiger partial charge in [0.2, 0.25) is 5.91 Å². The Bertz CT molecular complexity index is 902. The fourth-order valence-electron chi connectivity index (χ4n) is 2.57. The lowest BCUT2D eigenvalue weighted by atomic mass is 10.1. The third kappa shape index (κ3) is 3.85. The van der Waals surface area contributed by atoms with Crippen molar-refractivity contribution < 1.29 is 9.32 Å². The zero-order valence-corrected chi connectivity index (χ0v) is 14.5. The zero-order chi connectivity index (χ0) is 17.8. The number of carbonyl (C=O) groups excluding carboxylic acids is 1. The molecular formula is C19H20N4O2. The average Bonchev–Trinajstić information content (AvgIpc) is 3.04. The summed E-state index contributed by atoms with van der Waals surface area (Å²) in [6, 6.07) is 13.6. The van der Waals surface area contributed by atoms with Crippen molar-refractivity contribution in [3.05, 3.63) is 59.4 Å². The van der Waals surface area contributed by atoms with Crippen LogP contribution in [-0.4, -0.2) is 16.0 Å². The molecule has 0 atom stereocenters. The number of anilines is 2. The average molecular weight is 336 g/mol. The highest BCUT2D eigenvalue weighted by molar-refractivity contribution is 5.90. The van der Waals surface area contributed by atoms with E-state index >= 15 is 0 Å². The van der Waals surface area contributed by atoms with Gasteiger partial charge in [-0.25, -0.2) is 0 Å². The van der Waals surface area contributed by atoms with E-state index < -0.39 is 0 Å². The number of hydrogen-bond acceptors (Lipinski definition) is 5. The topological polar surface area (TPSA) is 80.0 Å². The summed E-state index contributed by atoms with van der Waals surface area (Å²) in [7, 11) is 0. The van der Waals surface area contributed by atoms with Crippen LogP contribution < -0.4 is 10.6 Å². The SMILES string of the molecule is CC(=O)Nc1cccc(NCc2noc(-c3ccccc3C)n2)c1C. The maximum atomic E-state index is 11.3. The number of aromatic nitrogens is 2. The van der Waals surface area contributed by atoms with Gasteiger partial charge < -0.3 is 15.2 Å². The Kier molecular flexibility index (Phi) is 4.79. The summed E-state index contributed by atoms with van der Waals surface area (Å²) in [5.41, 5.74) is 4.68. The largest absolute Gasteiger partial charge is 0.377 e. The second-order valence-corrected chi connectivity index (χ2v) is 5.84. The molecule has 2 N–H and O–H groups in total. The van der Waals surface area contributed by atoms with Crippen LogP contribution in [0.25, 0.3) is 11.5 Å². The predicted molar refractivity (Wildman–Crippen MR) is 97.3 cm³/mol. The van der Waals surface area contributed by atoms with E-state index in [9.17, 15) is 4.79 Å². The van der Waals surface area contributed by atoms with E-state index in [1.165, 1.54) is 6.92 Å². The second-order valence-electron chi connectivity index (χ2n) is 5.84. The van der Waals surface area contributed by atoms with E-state index in [0.717, 1.165) is 28.1 Å². The minimum Gasteiger partial charge on any atom is -0.377 e. The van der Waals surface area contributed by atoms with E-state index in [1.54, 1.807) is 0 Å². The highest BCUT2D eigenvalue weighted by Crippen LogP contribution is 2.24. The first-order valence-electron chi connectivity index (χ1n) is 8.04. The van der Waals surface area contributed by atoms with Crippen LogP contribution in [0.15, 0.2) is 47.0 Å². The predicted octanol–water partition coefficient (Wildman–Crippen LogP) is 3.92. The van der Waals surface area contributed by atoms with Crippen LogP contribution in [0.2, 0.25) is 0 Å². The van der Waals surface area contributed by atoms with Crippen LogP contribution >= 0.6 is 0 Å². The Morgan fingerprint density at radius 3 is 2.60 bits per heavy atom. The van der Waals surface area contributed by atoms with Gasteiger partial charge in [0.25, 0.3) is 5.89 Å². The molecule has 0 unspecified atom stereocenters. The fourth-order valence-corrected chi connectivity index (χ4v) is 2.57. The molecule has 2 aromatic carbocycles. The molecule has 0 aliphatic carbocycles. The van der Waals surface area contributed by atoms with Gasteiger partial charge in [0.1, 0.15) is 0 Å². The van der Waals surface area contributed by atoms with Gasteiger partial charge in [-0.2, -0.15) is 4.98 Å². The smallest absolute Gasteiger partial charge is 0.258 e. The molecule has 3 aromatic rings. The molecule has 0 bridgehead atoms. The van der Waals surface area contributed by atoms with Crippen molar-refractivity contribution in [2.45, 2.75) is 27.3 Å². The molecule has 0 radical (unpaired) electrons. The first-order valence-corrected chi connectivity index (χ1v) is 8.04. The lowest BCUT2D eigenvalue weighted by Gasteiger charge is -2.12. The summed E-state index contributed by atoms with van der Waals surface area (Å²) >= 11 is 0. The van der Waals surface area contributed by atoms with Gasteiger partial charge >= 0.3 is 0 Å². The van der Waals surface area contributed by atoms with Crippen LogP contribution in [0.5, 0.6) is 0 Å². The van der Waals surface area contributed by atoms with Crippen LogP contribution in [0.3, 0.4) is 0 Å². The van der Waals surface area contributed by atoms with Crippen molar-refractivity contribution >= 4 is 17.3 Å². The summed E-state index contributed by atoms with van der Waals surface area (Å²) in [6.45, 7) is 5.88. The Morgan fingerprint density at radius 2 is 1.84 bits per heavy atom. The van der Waals surface area contributed by atoms with Crippen LogP contribution in [0.1, 0.15) is 23.9 Å². The summed E-state index contributed by atoms with van der Waals surface area (Å²) in [4.78, 5) is 15.7. The molecule has 0 fully saturated rings. The molecule has 1 heterocycles. The minimum absolute atomic E-state index is 0.0960. The lowest BCUT2D eigenvalue weighted by Crippen LogP contribution is -2.09. The van der Waals surface area contributed by atoms with Gasteiger partial charge in [-0.1, -0.05) is 29.4 Å². The Hall–Kier alpha value is -3.15. The first kappa shape index (κ1) is 16.7. The molecule has 6 heteroatoms. The highest BCUT2D eigenvalue weighted by atomic mass is 16.5. The van der Waals surface area contributed by atoms with Crippen molar-refractivity contribution in [2.75, 3.05) is 10.6 Å². The van der Waals surface area contributed by atoms with E-state index in [4.69, 9.17) is 4.52 Å². The number of benzene rings is 2. The van der Waals surface area contributed by atoms with Crippen molar-refractivity contribution in [3.63, 3.8) is 0 Å². The van der Waals surface area contributed by atoms with Crippen molar-refractivity contribution in [1.82, 2.24) is 10.1 Å². The number of rotatable bonds is 5. The second kappa shape index (κ2) is 7.17. The standard InChI is InChI=1S/C19H20N4O2/c1-12-7-4-5-8-15(12)19-22-18(23-25-19)11-20-16-9-6-10-17(13(16)2)21-14(3)24/h4-10,20H,11H2,1-3H3,(H,21,24). The van der Waals surface area contributed by atoms with E-state index in [-0.39, 0.29) is 5.91 Å². The third-order valence-corrected chi connectivity index (χ3v) is 3.93. The zero-order valence-electron chi connectivity index (χ0n) is 14.5. The summed E-state index contributed by atoms with van der Waals surface area (Å²) in [6.07, 6.45) is 0. The molecule has 0 saturated carbocycles. The van der Waals surface area contributed by atoms with Crippen molar-refractivity contribution in [2.24, 2.45) is 0 Å². The Morgan fingerprint density at radius 1 is 1.08 bits per heavy atom. The number of aryl methyl sites for hydroxylation is 1. The lowest BCUT2D eigenvalue weighted by molar-refractivity contribution is -0.114. The van der Waals surface area contributed by atoms with Crippen LogP contribution in [-0.2, 0) is 11.3 Å². The normalized spacial score (nSPS) is 10.5. The molecule has 128 valence electrons.